The van der Waals surface area contributed by atoms with Crippen molar-refractivity contribution in [2.24, 2.45) is 0 Å². The van der Waals surface area contributed by atoms with Gasteiger partial charge in [-0.15, -0.1) is 0 Å². The largest absolute Gasteiger partial charge is 0.422 e. The SMILES string of the molecule is O=C(Oc1ccc(-c2ccc(F)cc2F)cc1C(=O)Nc1cc(Cl)ccc1Cl)c1ccc(Cl)cc1. The van der Waals surface area contributed by atoms with Gasteiger partial charge in [0.05, 0.1) is 21.8 Å². The first kappa shape index (κ1) is 24.7. The summed E-state index contributed by atoms with van der Waals surface area (Å²) in [5.41, 5.74) is 0.641. The fourth-order valence-electron chi connectivity index (χ4n) is 3.22. The van der Waals surface area contributed by atoms with Gasteiger partial charge in [0, 0.05) is 21.7 Å². The van der Waals surface area contributed by atoms with Crippen molar-refractivity contribution in [1.29, 1.82) is 0 Å². The minimum atomic E-state index is -0.819. The zero-order valence-electron chi connectivity index (χ0n) is 17.6. The van der Waals surface area contributed by atoms with E-state index in [9.17, 15) is 18.4 Å². The molecule has 0 aliphatic heterocycles. The maximum atomic E-state index is 14.4. The molecule has 0 aliphatic carbocycles. The summed E-state index contributed by atoms with van der Waals surface area (Å²) in [4.78, 5) is 25.9. The van der Waals surface area contributed by atoms with Gasteiger partial charge >= 0.3 is 5.97 Å². The second-order valence-electron chi connectivity index (χ2n) is 7.31. The molecule has 0 saturated carbocycles. The van der Waals surface area contributed by atoms with Crippen molar-refractivity contribution >= 4 is 52.4 Å². The smallest absolute Gasteiger partial charge is 0.343 e. The lowest BCUT2D eigenvalue weighted by molar-refractivity contribution is 0.0733. The van der Waals surface area contributed by atoms with Crippen molar-refractivity contribution in [1.82, 2.24) is 0 Å². The fraction of sp³-hybridized carbons (Fsp3) is 0. The van der Waals surface area contributed by atoms with E-state index < -0.39 is 23.5 Å². The van der Waals surface area contributed by atoms with Gasteiger partial charge < -0.3 is 10.1 Å². The van der Waals surface area contributed by atoms with Crippen molar-refractivity contribution in [3.8, 4) is 16.9 Å². The molecule has 0 spiro atoms. The Hall–Kier alpha value is -3.45. The molecule has 35 heavy (non-hydrogen) atoms. The Bertz CT molecular complexity index is 1440. The summed E-state index contributed by atoms with van der Waals surface area (Å²) in [6.45, 7) is 0. The molecule has 0 saturated heterocycles. The first-order valence-electron chi connectivity index (χ1n) is 10.0. The Morgan fingerprint density at radius 2 is 1.49 bits per heavy atom. The third-order valence-electron chi connectivity index (χ3n) is 4.93. The second-order valence-corrected chi connectivity index (χ2v) is 8.59. The minimum absolute atomic E-state index is 0.0526. The highest BCUT2D eigenvalue weighted by molar-refractivity contribution is 6.36. The molecule has 0 unspecified atom stereocenters. The summed E-state index contributed by atoms with van der Waals surface area (Å²) in [7, 11) is 0. The van der Waals surface area contributed by atoms with E-state index in [4.69, 9.17) is 39.5 Å². The molecule has 4 nitrogen and oxygen atoms in total. The molecular weight excluding hydrogens is 519 g/mol. The molecule has 4 aromatic rings. The average Bonchev–Trinajstić information content (AvgIpc) is 2.82. The normalized spacial score (nSPS) is 10.7. The number of carbonyl (C=O) groups is 2. The Morgan fingerprint density at radius 3 is 2.20 bits per heavy atom. The van der Waals surface area contributed by atoms with Crippen LogP contribution in [0.2, 0.25) is 15.1 Å². The van der Waals surface area contributed by atoms with Gasteiger partial charge in [0.25, 0.3) is 5.91 Å². The zero-order chi connectivity index (χ0) is 25.1. The molecule has 0 aliphatic rings. The van der Waals surface area contributed by atoms with E-state index in [-0.39, 0.29) is 38.7 Å². The van der Waals surface area contributed by atoms with Gasteiger partial charge in [0.2, 0.25) is 0 Å². The number of carbonyl (C=O) groups excluding carboxylic acids is 2. The van der Waals surface area contributed by atoms with Gasteiger partial charge in [-0.3, -0.25) is 4.79 Å². The van der Waals surface area contributed by atoms with Crippen molar-refractivity contribution in [3.05, 3.63) is 117 Å². The quantitative estimate of drug-likeness (QED) is 0.209. The molecule has 0 aromatic heterocycles. The lowest BCUT2D eigenvalue weighted by atomic mass is 10.0. The second kappa shape index (κ2) is 10.4. The number of rotatable bonds is 5. The Morgan fingerprint density at radius 1 is 0.771 bits per heavy atom. The van der Waals surface area contributed by atoms with E-state index >= 15 is 0 Å². The lowest BCUT2D eigenvalue weighted by Gasteiger charge is -2.14. The van der Waals surface area contributed by atoms with Gasteiger partial charge in [0.15, 0.2) is 0 Å². The number of anilines is 1. The van der Waals surface area contributed by atoms with Crippen LogP contribution in [0.25, 0.3) is 11.1 Å². The van der Waals surface area contributed by atoms with Crippen LogP contribution >= 0.6 is 34.8 Å². The third kappa shape index (κ3) is 5.80. The standard InChI is InChI=1S/C26H14Cl3F2NO3/c27-16-4-1-14(2-5-16)26(34)35-24-10-3-15(19-8-7-18(30)13-22(19)31)11-20(24)25(33)32-23-12-17(28)6-9-21(23)29/h1-13H,(H,32,33). The van der Waals surface area contributed by atoms with E-state index in [1.807, 2.05) is 0 Å². The molecule has 0 heterocycles. The monoisotopic (exact) mass is 531 g/mol. The van der Waals surface area contributed by atoms with Gasteiger partial charge in [-0.1, -0.05) is 40.9 Å². The Kier molecular flexibility index (Phi) is 7.36. The van der Waals surface area contributed by atoms with Crippen LogP contribution in [-0.2, 0) is 0 Å². The van der Waals surface area contributed by atoms with Crippen LogP contribution in [0.15, 0.2) is 78.9 Å². The molecule has 0 radical (unpaired) electrons. The van der Waals surface area contributed by atoms with E-state index in [2.05, 4.69) is 5.32 Å². The number of nitrogens with one attached hydrogen (secondary N) is 1. The summed E-state index contributed by atoms with van der Waals surface area (Å²) >= 11 is 18.0. The first-order valence-corrected chi connectivity index (χ1v) is 11.2. The van der Waals surface area contributed by atoms with Gasteiger partial charge in [-0.25, -0.2) is 13.6 Å². The van der Waals surface area contributed by atoms with Crippen molar-refractivity contribution in [2.45, 2.75) is 0 Å². The van der Waals surface area contributed by atoms with Crippen LogP contribution in [0.1, 0.15) is 20.7 Å². The van der Waals surface area contributed by atoms with Crippen LogP contribution in [0, 0.1) is 11.6 Å². The zero-order valence-corrected chi connectivity index (χ0v) is 19.9. The van der Waals surface area contributed by atoms with Gasteiger partial charge in [-0.05, 0) is 72.3 Å². The van der Waals surface area contributed by atoms with E-state index in [0.717, 1.165) is 12.1 Å². The highest BCUT2D eigenvalue weighted by Gasteiger charge is 2.20. The number of hydrogen-bond donors (Lipinski definition) is 1. The molecular formula is C26H14Cl3F2NO3. The summed E-state index contributed by atoms with van der Waals surface area (Å²) < 4.78 is 33.3. The highest BCUT2D eigenvalue weighted by atomic mass is 35.5. The summed E-state index contributed by atoms with van der Waals surface area (Å²) in [5, 5.41) is 3.61. The predicted octanol–water partition coefficient (Wildman–Crippen LogP) is 8.06. The molecule has 0 atom stereocenters. The number of halogens is 5. The van der Waals surface area contributed by atoms with Crippen molar-refractivity contribution in [3.63, 3.8) is 0 Å². The maximum Gasteiger partial charge on any atom is 0.343 e. The van der Waals surface area contributed by atoms with Crippen molar-refractivity contribution < 1.29 is 23.1 Å². The van der Waals surface area contributed by atoms with Gasteiger partial charge in [-0.2, -0.15) is 0 Å². The molecule has 0 fully saturated rings. The molecule has 1 amide bonds. The average molecular weight is 533 g/mol. The maximum absolute atomic E-state index is 14.4. The van der Waals surface area contributed by atoms with Crippen LogP contribution in [0.4, 0.5) is 14.5 Å². The van der Waals surface area contributed by atoms with Crippen LogP contribution < -0.4 is 10.1 Å². The summed E-state index contributed by atoms with van der Waals surface area (Å²) in [5.74, 6) is -3.09. The third-order valence-corrected chi connectivity index (χ3v) is 5.74. The van der Waals surface area contributed by atoms with Crippen molar-refractivity contribution in [2.75, 3.05) is 5.32 Å². The van der Waals surface area contributed by atoms with Crippen LogP contribution in [0.5, 0.6) is 5.75 Å². The highest BCUT2D eigenvalue weighted by Crippen LogP contribution is 2.32. The minimum Gasteiger partial charge on any atom is -0.422 e. The van der Waals surface area contributed by atoms with E-state index in [1.165, 1.54) is 60.7 Å². The van der Waals surface area contributed by atoms with E-state index in [1.54, 1.807) is 6.07 Å². The number of esters is 1. The molecule has 1 N–H and O–H groups in total. The first-order chi connectivity index (χ1) is 16.7. The Labute approximate surface area is 214 Å². The number of ether oxygens (including phenoxy) is 1. The Balaban J connectivity index is 1.74. The number of benzene rings is 4. The lowest BCUT2D eigenvalue weighted by Crippen LogP contribution is -2.16. The van der Waals surface area contributed by atoms with Gasteiger partial charge in [0.1, 0.15) is 17.4 Å². The molecule has 4 aromatic carbocycles. The van der Waals surface area contributed by atoms with E-state index in [0.29, 0.717) is 10.0 Å². The predicted molar refractivity (Wildman–Crippen MR) is 133 cm³/mol. The number of hydrogen-bond acceptors (Lipinski definition) is 3. The number of amides is 1. The fourth-order valence-corrected chi connectivity index (χ4v) is 3.68. The molecule has 176 valence electrons. The van der Waals surface area contributed by atoms with Crippen LogP contribution in [0.3, 0.4) is 0 Å². The van der Waals surface area contributed by atoms with Crippen LogP contribution in [-0.4, -0.2) is 11.9 Å². The summed E-state index contributed by atoms with van der Waals surface area (Å²) in [6.07, 6.45) is 0. The summed E-state index contributed by atoms with van der Waals surface area (Å²) in [6, 6.07) is 17.7. The molecule has 4 rings (SSSR count). The topological polar surface area (TPSA) is 55.4 Å². The molecule has 0 bridgehead atoms. The molecule has 9 heteroatoms.